The Morgan fingerprint density at radius 2 is 1.81 bits per heavy atom. The molecular formula is C18H31NO6S. The first kappa shape index (κ1) is 20.0. The van der Waals surface area contributed by atoms with Crippen LogP contribution in [0.1, 0.15) is 44.9 Å². The molecule has 0 aromatic heterocycles. The molecule has 0 aromatic carbocycles. The SMILES string of the molecule is O=C(OC(CN1CCOCC1)CS(=O)(=O)O)C1CCC2CCCCC2C1. The number of nitrogens with zero attached hydrogens (tertiary/aromatic N) is 1. The van der Waals surface area contributed by atoms with E-state index in [4.69, 9.17) is 9.47 Å². The van der Waals surface area contributed by atoms with Gasteiger partial charge in [0.15, 0.2) is 0 Å². The first-order chi connectivity index (χ1) is 12.4. The molecule has 26 heavy (non-hydrogen) atoms. The van der Waals surface area contributed by atoms with E-state index in [-0.39, 0.29) is 11.9 Å². The van der Waals surface area contributed by atoms with Crippen LogP contribution in [0.3, 0.4) is 0 Å². The summed E-state index contributed by atoms with van der Waals surface area (Å²) in [6.45, 7) is 2.82. The van der Waals surface area contributed by atoms with E-state index in [1.54, 1.807) is 0 Å². The molecule has 8 heteroatoms. The zero-order valence-electron chi connectivity index (χ0n) is 15.3. The molecule has 150 valence electrons. The number of morpholine rings is 1. The molecule has 0 amide bonds. The lowest BCUT2D eigenvalue weighted by atomic mass is 9.67. The fraction of sp³-hybridized carbons (Fsp3) is 0.944. The quantitative estimate of drug-likeness (QED) is 0.546. The number of carbonyl (C=O) groups excluding carboxylic acids is 1. The average Bonchev–Trinajstić information content (AvgIpc) is 2.60. The van der Waals surface area contributed by atoms with Gasteiger partial charge in [-0.25, -0.2) is 0 Å². The zero-order valence-corrected chi connectivity index (χ0v) is 16.2. The molecule has 3 fully saturated rings. The normalized spacial score (nSPS) is 31.8. The summed E-state index contributed by atoms with van der Waals surface area (Å²) in [5.41, 5.74) is 0. The van der Waals surface area contributed by atoms with Gasteiger partial charge in [0.25, 0.3) is 10.1 Å². The summed E-state index contributed by atoms with van der Waals surface area (Å²) in [6, 6.07) is 0. The lowest BCUT2D eigenvalue weighted by Crippen LogP contribution is -2.45. The Labute approximate surface area is 156 Å². The predicted molar refractivity (Wildman–Crippen MR) is 96.3 cm³/mol. The van der Waals surface area contributed by atoms with Crippen molar-refractivity contribution in [1.82, 2.24) is 4.90 Å². The molecule has 0 radical (unpaired) electrons. The van der Waals surface area contributed by atoms with E-state index >= 15 is 0 Å². The molecule has 1 heterocycles. The van der Waals surface area contributed by atoms with Crippen molar-refractivity contribution in [3.63, 3.8) is 0 Å². The Morgan fingerprint density at radius 3 is 2.50 bits per heavy atom. The Morgan fingerprint density at radius 1 is 1.12 bits per heavy atom. The molecule has 1 N–H and O–H groups in total. The fourth-order valence-corrected chi connectivity index (χ4v) is 5.42. The molecule has 2 aliphatic carbocycles. The van der Waals surface area contributed by atoms with Crippen molar-refractivity contribution in [1.29, 1.82) is 0 Å². The van der Waals surface area contributed by atoms with Crippen LogP contribution in [0.25, 0.3) is 0 Å². The molecule has 1 saturated heterocycles. The maximum Gasteiger partial charge on any atom is 0.309 e. The van der Waals surface area contributed by atoms with Crippen LogP contribution >= 0.6 is 0 Å². The number of carbonyl (C=O) groups is 1. The first-order valence-corrected chi connectivity index (χ1v) is 11.5. The Balaban J connectivity index is 1.56. The summed E-state index contributed by atoms with van der Waals surface area (Å²) >= 11 is 0. The van der Waals surface area contributed by atoms with Crippen LogP contribution in [-0.2, 0) is 24.4 Å². The third kappa shape index (κ3) is 5.90. The third-order valence-electron chi connectivity index (χ3n) is 6.12. The molecule has 7 nitrogen and oxygen atoms in total. The molecule has 3 rings (SSSR count). The van der Waals surface area contributed by atoms with Crippen molar-refractivity contribution in [2.75, 3.05) is 38.6 Å². The van der Waals surface area contributed by atoms with Gasteiger partial charge in [-0.3, -0.25) is 14.2 Å². The Bertz CT molecular complexity index is 574. The lowest BCUT2D eigenvalue weighted by molar-refractivity contribution is -0.156. The summed E-state index contributed by atoms with van der Waals surface area (Å²) in [5, 5.41) is 0. The zero-order chi connectivity index (χ0) is 18.6. The smallest absolute Gasteiger partial charge is 0.309 e. The van der Waals surface area contributed by atoms with Crippen molar-refractivity contribution >= 4 is 16.1 Å². The molecule has 4 unspecified atom stereocenters. The number of hydrogen-bond acceptors (Lipinski definition) is 6. The van der Waals surface area contributed by atoms with Gasteiger partial charge < -0.3 is 9.47 Å². The van der Waals surface area contributed by atoms with Crippen molar-refractivity contribution in [3.05, 3.63) is 0 Å². The van der Waals surface area contributed by atoms with E-state index in [1.807, 2.05) is 4.90 Å². The first-order valence-electron chi connectivity index (χ1n) is 9.86. The van der Waals surface area contributed by atoms with Gasteiger partial charge in [0.1, 0.15) is 11.9 Å². The average molecular weight is 390 g/mol. The highest BCUT2D eigenvalue weighted by Gasteiger charge is 2.37. The third-order valence-corrected chi connectivity index (χ3v) is 6.91. The van der Waals surface area contributed by atoms with Crippen molar-refractivity contribution in [3.8, 4) is 0 Å². The number of esters is 1. The van der Waals surface area contributed by atoms with Crippen molar-refractivity contribution in [2.45, 2.75) is 51.0 Å². The van der Waals surface area contributed by atoms with E-state index < -0.39 is 22.0 Å². The minimum atomic E-state index is -4.20. The van der Waals surface area contributed by atoms with E-state index in [9.17, 15) is 17.8 Å². The molecule has 0 spiro atoms. The van der Waals surface area contributed by atoms with Gasteiger partial charge in [0.2, 0.25) is 0 Å². The number of rotatable bonds is 6. The highest BCUT2D eigenvalue weighted by atomic mass is 32.2. The van der Waals surface area contributed by atoms with Crippen LogP contribution in [-0.4, -0.2) is 68.5 Å². The highest BCUT2D eigenvalue weighted by Crippen LogP contribution is 2.43. The maximum absolute atomic E-state index is 12.7. The molecule has 2 saturated carbocycles. The predicted octanol–water partition coefficient (Wildman–Crippen LogP) is 1.72. The van der Waals surface area contributed by atoms with Gasteiger partial charge in [0.05, 0.1) is 19.1 Å². The molecule has 1 aliphatic heterocycles. The van der Waals surface area contributed by atoms with E-state index in [0.717, 1.165) is 25.2 Å². The van der Waals surface area contributed by atoms with Gasteiger partial charge >= 0.3 is 5.97 Å². The molecule has 0 bridgehead atoms. The summed E-state index contributed by atoms with van der Waals surface area (Å²) in [4.78, 5) is 14.7. The number of ether oxygens (including phenoxy) is 2. The van der Waals surface area contributed by atoms with Crippen molar-refractivity contribution in [2.24, 2.45) is 17.8 Å². The van der Waals surface area contributed by atoms with Gasteiger partial charge in [-0.2, -0.15) is 8.42 Å². The van der Waals surface area contributed by atoms with Crippen LogP contribution in [0.15, 0.2) is 0 Å². The minimum Gasteiger partial charge on any atom is -0.460 e. The second-order valence-electron chi connectivity index (χ2n) is 8.04. The second kappa shape index (κ2) is 8.99. The standard InChI is InChI=1S/C18H31NO6S/c20-18(16-6-5-14-3-1-2-4-15(14)11-16)25-17(13-26(21,22)23)12-19-7-9-24-10-8-19/h14-17H,1-13H2,(H,21,22,23). The van der Waals surface area contributed by atoms with Crippen LogP contribution in [0.5, 0.6) is 0 Å². The second-order valence-corrected chi connectivity index (χ2v) is 9.53. The summed E-state index contributed by atoms with van der Waals surface area (Å²) < 4.78 is 42.8. The maximum atomic E-state index is 12.7. The van der Waals surface area contributed by atoms with Crippen LogP contribution in [0.4, 0.5) is 0 Å². The fourth-order valence-electron chi connectivity index (χ4n) is 4.78. The van der Waals surface area contributed by atoms with E-state index in [1.165, 1.54) is 25.7 Å². The summed E-state index contributed by atoms with van der Waals surface area (Å²) in [7, 11) is -4.20. The van der Waals surface area contributed by atoms with E-state index in [2.05, 4.69) is 0 Å². The van der Waals surface area contributed by atoms with Gasteiger partial charge in [-0.05, 0) is 31.1 Å². The molecule has 4 atom stereocenters. The van der Waals surface area contributed by atoms with Crippen LogP contribution < -0.4 is 0 Å². The molecule has 3 aliphatic rings. The van der Waals surface area contributed by atoms with Gasteiger partial charge in [-0.1, -0.05) is 25.7 Å². The van der Waals surface area contributed by atoms with Crippen LogP contribution in [0, 0.1) is 17.8 Å². The van der Waals surface area contributed by atoms with Gasteiger partial charge in [-0.15, -0.1) is 0 Å². The Hall–Kier alpha value is -0.700. The minimum absolute atomic E-state index is 0.136. The number of hydrogen-bond donors (Lipinski definition) is 1. The molecular weight excluding hydrogens is 358 g/mol. The topological polar surface area (TPSA) is 93.1 Å². The summed E-state index contributed by atoms with van der Waals surface area (Å²) in [5.74, 6) is 0.373. The van der Waals surface area contributed by atoms with Crippen LogP contribution in [0.2, 0.25) is 0 Å². The highest BCUT2D eigenvalue weighted by molar-refractivity contribution is 7.85. The lowest BCUT2D eigenvalue weighted by Gasteiger charge is -2.39. The Kier molecular flexibility index (Phi) is 6.93. The molecule has 0 aromatic rings. The number of fused-ring (bicyclic) bond motifs is 1. The van der Waals surface area contributed by atoms with Crippen molar-refractivity contribution < 1.29 is 27.2 Å². The largest absolute Gasteiger partial charge is 0.460 e. The van der Waals surface area contributed by atoms with Gasteiger partial charge in [0, 0.05) is 19.6 Å². The monoisotopic (exact) mass is 389 g/mol. The summed E-state index contributed by atoms with van der Waals surface area (Å²) in [6.07, 6.45) is 6.93. The van der Waals surface area contributed by atoms with E-state index in [0.29, 0.717) is 38.8 Å².